The maximum Gasteiger partial charge on any atom is 0.254 e. The summed E-state index contributed by atoms with van der Waals surface area (Å²) in [5.74, 6) is 5.02. The molecule has 0 spiro atoms. The molecule has 1 aliphatic heterocycles. The summed E-state index contributed by atoms with van der Waals surface area (Å²) in [6.45, 7) is 4.43. The molecule has 0 saturated carbocycles. The number of aliphatic hydroxyl groups is 2. The van der Waals surface area contributed by atoms with Crippen LogP contribution in [0.3, 0.4) is 0 Å². The van der Waals surface area contributed by atoms with E-state index in [1.165, 1.54) is 4.90 Å². The Kier molecular flexibility index (Phi) is 9.32. The molecule has 3 rings (SSSR count). The Morgan fingerprint density at radius 3 is 2.29 bits per heavy atom. The van der Waals surface area contributed by atoms with Crippen LogP contribution in [0.25, 0.3) is 0 Å². The number of ether oxygens (including phenoxy) is 1. The molecule has 34 heavy (non-hydrogen) atoms. The van der Waals surface area contributed by atoms with Crippen LogP contribution in [-0.4, -0.2) is 71.9 Å². The zero-order chi connectivity index (χ0) is 24.3. The van der Waals surface area contributed by atoms with Gasteiger partial charge in [0.25, 0.3) is 11.8 Å². The number of carbonyl (C=O) groups is 2. The smallest absolute Gasteiger partial charge is 0.254 e. The minimum atomic E-state index is -1.85. The van der Waals surface area contributed by atoms with Gasteiger partial charge in [-0.1, -0.05) is 43.2 Å². The molecule has 2 aromatic carbocycles. The zero-order valence-corrected chi connectivity index (χ0v) is 19.3. The number of carbonyl (C=O) groups excluding carboxylic acids is 2. The summed E-state index contributed by atoms with van der Waals surface area (Å²) < 4.78 is 5.49. The van der Waals surface area contributed by atoms with Crippen molar-refractivity contribution < 1.29 is 24.5 Å². The summed E-state index contributed by atoms with van der Waals surface area (Å²) in [5.41, 5.74) is 1.85. The third kappa shape index (κ3) is 6.98. The Morgan fingerprint density at radius 2 is 1.65 bits per heavy atom. The van der Waals surface area contributed by atoms with E-state index in [9.17, 15) is 19.8 Å². The second-order valence-corrected chi connectivity index (χ2v) is 7.90. The van der Waals surface area contributed by atoms with Crippen molar-refractivity contribution in [1.29, 1.82) is 0 Å². The van der Waals surface area contributed by atoms with Gasteiger partial charge < -0.3 is 30.1 Å². The number of piperazine rings is 1. The number of aliphatic hydroxyl groups excluding tert-OH is 2. The van der Waals surface area contributed by atoms with Crippen molar-refractivity contribution in [2.75, 3.05) is 37.7 Å². The van der Waals surface area contributed by atoms with Crippen LogP contribution in [0.1, 0.15) is 18.9 Å². The highest BCUT2D eigenvalue weighted by Gasteiger charge is 2.34. The molecular formula is C26H31N3O5. The molecule has 3 N–H and O–H groups in total. The van der Waals surface area contributed by atoms with Gasteiger partial charge in [0.15, 0.2) is 12.2 Å². The average molecular weight is 466 g/mol. The van der Waals surface area contributed by atoms with Crippen molar-refractivity contribution in [3.05, 3.63) is 60.2 Å². The molecule has 0 aliphatic carbocycles. The Labute approximate surface area is 200 Å². The number of anilines is 1. The summed E-state index contributed by atoms with van der Waals surface area (Å²) in [5, 5.41) is 23.1. The molecular weight excluding hydrogens is 434 g/mol. The van der Waals surface area contributed by atoms with Crippen LogP contribution in [0.15, 0.2) is 54.6 Å². The van der Waals surface area contributed by atoms with Crippen LogP contribution < -0.4 is 15.0 Å². The van der Waals surface area contributed by atoms with Gasteiger partial charge in [-0.3, -0.25) is 9.59 Å². The largest absolute Gasteiger partial charge is 0.481 e. The number of para-hydroxylation sites is 1. The summed E-state index contributed by atoms with van der Waals surface area (Å²) in [6, 6.07) is 17.0. The summed E-state index contributed by atoms with van der Waals surface area (Å²) in [4.78, 5) is 28.6. The lowest BCUT2D eigenvalue weighted by atomic mass is 10.1. The predicted octanol–water partition coefficient (Wildman–Crippen LogP) is 1.17. The summed E-state index contributed by atoms with van der Waals surface area (Å²) in [6.07, 6.45) is -2.89. The Bertz CT molecular complexity index is 993. The minimum Gasteiger partial charge on any atom is -0.481 e. The number of nitrogens with zero attached hydrogens (tertiary/aromatic N) is 2. The Hall–Kier alpha value is -3.54. The van der Waals surface area contributed by atoms with Gasteiger partial charge >= 0.3 is 0 Å². The Morgan fingerprint density at radius 1 is 0.971 bits per heavy atom. The van der Waals surface area contributed by atoms with Crippen molar-refractivity contribution in [2.24, 2.45) is 0 Å². The van der Waals surface area contributed by atoms with E-state index in [0.29, 0.717) is 38.5 Å². The molecule has 0 unspecified atom stereocenters. The van der Waals surface area contributed by atoms with Crippen LogP contribution in [-0.2, 0) is 16.1 Å². The van der Waals surface area contributed by atoms with Crippen LogP contribution in [0.2, 0.25) is 0 Å². The summed E-state index contributed by atoms with van der Waals surface area (Å²) in [7, 11) is 0. The predicted molar refractivity (Wildman–Crippen MR) is 129 cm³/mol. The quantitative estimate of drug-likeness (QED) is 0.506. The molecule has 1 aliphatic rings. The molecule has 1 heterocycles. The van der Waals surface area contributed by atoms with Crippen molar-refractivity contribution >= 4 is 17.5 Å². The fourth-order valence-electron chi connectivity index (χ4n) is 3.58. The number of nitrogens with one attached hydrogen (secondary N) is 1. The van der Waals surface area contributed by atoms with E-state index in [4.69, 9.17) is 4.74 Å². The normalized spacial score (nSPS) is 15.0. The number of hydrogen-bond acceptors (Lipinski definition) is 6. The molecule has 8 heteroatoms. The molecule has 2 atom stereocenters. The van der Waals surface area contributed by atoms with Gasteiger partial charge in [-0.2, -0.15) is 0 Å². The maximum absolute atomic E-state index is 12.6. The number of rotatable bonds is 8. The van der Waals surface area contributed by atoms with Crippen molar-refractivity contribution in [2.45, 2.75) is 32.1 Å². The van der Waals surface area contributed by atoms with Gasteiger partial charge in [0.05, 0.1) is 0 Å². The van der Waals surface area contributed by atoms with Gasteiger partial charge in [0.2, 0.25) is 0 Å². The van der Waals surface area contributed by atoms with E-state index >= 15 is 0 Å². The van der Waals surface area contributed by atoms with Gasteiger partial charge in [0, 0.05) is 44.8 Å². The molecule has 0 bridgehead atoms. The van der Waals surface area contributed by atoms with Crippen LogP contribution in [0, 0.1) is 11.8 Å². The van der Waals surface area contributed by atoms with E-state index in [0.717, 1.165) is 17.7 Å². The van der Waals surface area contributed by atoms with Gasteiger partial charge in [-0.05, 0) is 29.8 Å². The lowest BCUT2D eigenvalue weighted by Crippen LogP contribution is -2.55. The number of hydrogen-bond donors (Lipinski definition) is 3. The number of amides is 2. The molecule has 0 aromatic heterocycles. The van der Waals surface area contributed by atoms with Gasteiger partial charge in [0.1, 0.15) is 12.4 Å². The first-order chi connectivity index (χ1) is 16.5. The first-order valence-electron chi connectivity index (χ1n) is 11.4. The first-order valence-corrected chi connectivity index (χ1v) is 11.4. The fourth-order valence-corrected chi connectivity index (χ4v) is 3.58. The highest BCUT2D eigenvalue weighted by Crippen LogP contribution is 2.16. The second-order valence-electron chi connectivity index (χ2n) is 7.90. The molecule has 2 aromatic rings. The molecule has 1 saturated heterocycles. The Balaban J connectivity index is 1.43. The molecule has 8 nitrogen and oxygen atoms in total. The van der Waals surface area contributed by atoms with Crippen molar-refractivity contribution in [3.8, 4) is 17.6 Å². The molecule has 2 amide bonds. The molecule has 180 valence electrons. The fraction of sp³-hybridized carbons (Fsp3) is 0.385. The van der Waals surface area contributed by atoms with Crippen LogP contribution >= 0.6 is 0 Å². The van der Waals surface area contributed by atoms with Gasteiger partial charge in [-0.15, -0.1) is 5.92 Å². The minimum absolute atomic E-state index is 0.141. The standard InChI is InChI=1S/C26H31N3O5/c1-2-3-7-18-34-22-12-10-20(11-13-22)19-27-25(32)23(30)24(31)26(33)29-16-14-28(15-17-29)21-8-5-4-6-9-21/h4-6,8-13,23-24,30-31H,2,14-19H2,1H3,(H,27,32)/t23-,24-/m1/s1. The lowest BCUT2D eigenvalue weighted by molar-refractivity contribution is -0.153. The van der Waals surface area contributed by atoms with E-state index in [2.05, 4.69) is 22.1 Å². The lowest BCUT2D eigenvalue weighted by Gasteiger charge is -2.37. The molecule has 0 radical (unpaired) electrons. The number of benzene rings is 2. The van der Waals surface area contributed by atoms with E-state index in [-0.39, 0.29) is 6.54 Å². The molecule has 1 fully saturated rings. The summed E-state index contributed by atoms with van der Waals surface area (Å²) >= 11 is 0. The SMILES string of the molecule is CCC#CCOc1ccc(CNC(=O)[C@H](O)[C@@H](O)C(=O)N2CCN(c3ccccc3)CC2)cc1. The third-order valence-electron chi connectivity index (χ3n) is 5.54. The van der Waals surface area contributed by atoms with E-state index in [1.54, 1.807) is 24.3 Å². The van der Waals surface area contributed by atoms with Crippen LogP contribution in [0.5, 0.6) is 5.75 Å². The zero-order valence-electron chi connectivity index (χ0n) is 19.3. The second kappa shape index (κ2) is 12.6. The van der Waals surface area contributed by atoms with Crippen LogP contribution in [0.4, 0.5) is 5.69 Å². The average Bonchev–Trinajstić information content (AvgIpc) is 2.89. The van der Waals surface area contributed by atoms with E-state index < -0.39 is 24.0 Å². The van der Waals surface area contributed by atoms with Crippen molar-refractivity contribution in [1.82, 2.24) is 10.2 Å². The van der Waals surface area contributed by atoms with Crippen molar-refractivity contribution in [3.63, 3.8) is 0 Å². The third-order valence-corrected chi connectivity index (χ3v) is 5.54. The monoisotopic (exact) mass is 465 g/mol. The maximum atomic E-state index is 12.6. The topological polar surface area (TPSA) is 102 Å². The van der Waals surface area contributed by atoms with Gasteiger partial charge in [-0.25, -0.2) is 0 Å². The highest BCUT2D eigenvalue weighted by atomic mass is 16.5. The first kappa shape index (κ1) is 25.1. The van der Waals surface area contributed by atoms with E-state index in [1.807, 2.05) is 37.3 Å². The highest BCUT2D eigenvalue weighted by molar-refractivity contribution is 5.90.